The Morgan fingerprint density at radius 3 is 3.15 bits per heavy atom. The van der Waals surface area contributed by atoms with Crippen molar-refractivity contribution in [2.24, 2.45) is 0 Å². The molecule has 0 radical (unpaired) electrons. The van der Waals surface area contributed by atoms with Gasteiger partial charge in [-0.15, -0.1) is 0 Å². The summed E-state index contributed by atoms with van der Waals surface area (Å²) in [6.45, 7) is 0.00613. The monoisotopic (exact) mass is 289 g/mol. The number of amides is 1. The molecule has 0 fully saturated rings. The molecule has 0 atom stereocenters. The molecule has 0 unspecified atom stereocenters. The van der Waals surface area contributed by atoms with Crippen molar-refractivity contribution >= 4 is 22.4 Å². The topological polar surface area (TPSA) is 95.1 Å². The number of aliphatic hydroxyl groups excluding tert-OH is 1. The molecule has 0 aliphatic rings. The summed E-state index contributed by atoms with van der Waals surface area (Å²) in [6, 6.07) is 3.01. The van der Waals surface area contributed by atoms with Crippen molar-refractivity contribution in [2.75, 3.05) is 11.9 Å². The molecule has 2 heterocycles. The van der Waals surface area contributed by atoms with Gasteiger partial charge in [0.15, 0.2) is 5.13 Å². The van der Waals surface area contributed by atoms with Crippen LogP contribution in [0.5, 0.6) is 0 Å². The lowest BCUT2D eigenvalue weighted by molar-refractivity contribution is 0.102. The third-order valence-electron chi connectivity index (χ3n) is 2.24. The first-order chi connectivity index (χ1) is 9.70. The Balaban J connectivity index is 2.08. The zero-order valence-corrected chi connectivity index (χ0v) is 11.2. The fraction of sp³-hybridized carbons (Fsp3) is 0.154. The maximum absolute atomic E-state index is 11.9. The SMILES string of the molecule is O=C(Nc1ncc(C#CCCO)s1)c1ccc[nH]c1=O. The molecule has 20 heavy (non-hydrogen) atoms. The summed E-state index contributed by atoms with van der Waals surface area (Å²) < 4.78 is 0. The maximum Gasteiger partial charge on any atom is 0.263 e. The molecule has 0 bridgehead atoms. The van der Waals surface area contributed by atoms with E-state index >= 15 is 0 Å². The van der Waals surface area contributed by atoms with Gasteiger partial charge >= 0.3 is 0 Å². The van der Waals surface area contributed by atoms with Crippen LogP contribution in [0.4, 0.5) is 5.13 Å². The van der Waals surface area contributed by atoms with Crippen molar-refractivity contribution in [1.29, 1.82) is 0 Å². The summed E-state index contributed by atoms with van der Waals surface area (Å²) in [4.78, 5) is 30.4. The lowest BCUT2D eigenvalue weighted by Gasteiger charge is -1.99. The van der Waals surface area contributed by atoms with Gasteiger partial charge in [-0.25, -0.2) is 4.98 Å². The van der Waals surface area contributed by atoms with Gasteiger partial charge in [-0.05, 0) is 12.1 Å². The van der Waals surface area contributed by atoms with Crippen LogP contribution in [0.25, 0.3) is 0 Å². The highest BCUT2D eigenvalue weighted by atomic mass is 32.1. The molecule has 0 saturated carbocycles. The number of hydrogen-bond donors (Lipinski definition) is 3. The van der Waals surface area contributed by atoms with Gasteiger partial charge in [-0.1, -0.05) is 23.2 Å². The van der Waals surface area contributed by atoms with Crippen molar-refractivity contribution in [2.45, 2.75) is 6.42 Å². The first-order valence-corrected chi connectivity index (χ1v) is 6.57. The van der Waals surface area contributed by atoms with Crippen LogP contribution >= 0.6 is 11.3 Å². The number of hydrogen-bond acceptors (Lipinski definition) is 5. The lowest BCUT2D eigenvalue weighted by Crippen LogP contribution is -2.22. The first kappa shape index (κ1) is 14.0. The second-order valence-corrected chi connectivity index (χ2v) is 4.70. The summed E-state index contributed by atoms with van der Waals surface area (Å²) >= 11 is 1.20. The molecular formula is C13H11N3O3S. The van der Waals surface area contributed by atoms with E-state index in [2.05, 4.69) is 27.1 Å². The molecule has 1 amide bonds. The predicted octanol–water partition coefficient (Wildman–Crippen LogP) is 0.818. The van der Waals surface area contributed by atoms with Crippen LogP contribution in [0.15, 0.2) is 29.3 Å². The Bertz CT molecular complexity index is 724. The summed E-state index contributed by atoms with van der Waals surface area (Å²) in [7, 11) is 0. The normalized spacial score (nSPS) is 9.65. The first-order valence-electron chi connectivity index (χ1n) is 5.75. The largest absolute Gasteiger partial charge is 0.395 e. The second-order valence-electron chi connectivity index (χ2n) is 3.67. The molecule has 0 aliphatic carbocycles. The van der Waals surface area contributed by atoms with Crippen LogP contribution in [0.3, 0.4) is 0 Å². The third kappa shape index (κ3) is 3.54. The van der Waals surface area contributed by atoms with Crippen molar-refractivity contribution < 1.29 is 9.90 Å². The van der Waals surface area contributed by atoms with E-state index in [9.17, 15) is 9.59 Å². The molecule has 0 aliphatic heterocycles. The van der Waals surface area contributed by atoms with E-state index in [1.807, 2.05) is 0 Å². The summed E-state index contributed by atoms with van der Waals surface area (Å²) in [5.41, 5.74) is -0.430. The minimum atomic E-state index is -0.518. The van der Waals surface area contributed by atoms with Gasteiger partial charge < -0.3 is 10.1 Å². The van der Waals surface area contributed by atoms with Gasteiger partial charge in [-0.3, -0.25) is 14.9 Å². The number of H-pyrrole nitrogens is 1. The van der Waals surface area contributed by atoms with E-state index in [-0.39, 0.29) is 12.2 Å². The van der Waals surface area contributed by atoms with Crippen LogP contribution < -0.4 is 10.9 Å². The molecule has 2 rings (SSSR count). The van der Waals surface area contributed by atoms with E-state index < -0.39 is 11.5 Å². The van der Waals surface area contributed by atoms with Crippen molar-refractivity contribution in [3.63, 3.8) is 0 Å². The Morgan fingerprint density at radius 1 is 1.55 bits per heavy atom. The number of nitrogens with zero attached hydrogens (tertiary/aromatic N) is 1. The van der Waals surface area contributed by atoms with Crippen LogP contribution in [-0.4, -0.2) is 27.6 Å². The number of thiazole rings is 1. The van der Waals surface area contributed by atoms with Gasteiger partial charge in [-0.2, -0.15) is 0 Å². The average Bonchev–Trinajstić information content (AvgIpc) is 2.87. The number of aliphatic hydroxyl groups is 1. The fourth-order valence-electron chi connectivity index (χ4n) is 1.36. The van der Waals surface area contributed by atoms with Crippen molar-refractivity contribution in [3.8, 4) is 11.8 Å². The molecular weight excluding hydrogens is 278 g/mol. The fourth-order valence-corrected chi connectivity index (χ4v) is 2.05. The molecule has 2 aromatic rings. The highest BCUT2D eigenvalue weighted by molar-refractivity contribution is 7.16. The maximum atomic E-state index is 11.9. The number of nitrogens with one attached hydrogen (secondary N) is 2. The van der Waals surface area contributed by atoms with Crippen LogP contribution in [0, 0.1) is 11.8 Å². The minimum Gasteiger partial charge on any atom is -0.395 e. The third-order valence-corrected chi connectivity index (χ3v) is 3.07. The second kappa shape index (κ2) is 6.65. The molecule has 2 aromatic heterocycles. The van der Waals surface area contributed by atoms with E-state index in [0.717, 1.165) is 0 Å². The van der Waals surface area contributed by atoms with Crippen LogP contribution in [0.1, 0.15) is 21.7 Å². The Morgan fingerprint density at radius 2 is 2.40 bits per heavy atom. The van der Waals surface area contributed by atoms with E-state index in [0.29, 0.717) is 16.4 Å². The highest BCUT2D eigenvalue weighted by Gasteiger charge is 2.11. The zero-order valence-electron chi connectivity index (χ0n) is 10.3. The van der Waals surface area contributed by atoms with Crippen molar-refractivity contribution in [1.82, 2.24) is 9.97 Å². The molecule has 0 spiro atoms. The average molecular weight is 289 g/mol. The number of pyridine rings is 1. The molecule has 3 N–H and O–H groups in total. The van der Waals surface area contributed by atoms with E-state index in [1.165, 1.54) is 29.8 Å². The Labute approximate surface area is 118 Å². The molecule has 7 heteroatoms. The molecule has 6 nitrogen and oxygen atoms in total. The quantitative estimate of drug-likeness (QED) is 0.729. The number of aromatic amines is 1. The number of rotatable bonds is 3. The van der Waals surface area contributed by atoms with E-state index in [1.54, 1.807) is 6.07 Å². The smallest absolute Gasteiger partial charge is 0.263 e. The number of carbonyl (C=O) groups excluding carboxylic acids is 1. The van der Waals surface area contributed by atoms with Gasteiger partial charge in [0, 0.05) is 12.6 Å². The minimum absolute atomic E-state index is 0.00613. The van der Waals surface area contributed by atoms with Crippen molar-refractivity contribution in [3.05, 3.63) is 45.3 Å². The lowest BCUT2D eigenvalue weighted by atomic mass is 10.3. The van der Waals surface area contributed by atoms with Gasteiger partial charge in [0.25, 0.3) is 11.5 Å². The molecule has 0 aromatic carbocycles. The number of aromatic nitrogens is 2. The molecule has 0 saturated heterocycles. The number of anilines is 1. The summed E-state index contributed by atoms with van der Waals surface area (Å²) in [5.74, 6) is 5.06. The standard InChI is InChI=1S/C13H11N3O3S/c17-7-2-1-4-9-8-15-13(20-9)16-12(19)10-5-3-6-14-11(10)18/h3,5-6,8,17H,2,7H2,(H,14,18)(H,15,16,19). The highest BCUT2D eigenvalue weighted by Crippen LogP contribution is 2.17. The van der Waals surface area contributed by atoms with Gasteiger partial charge in [0.1, 0.15) is 5.56 Å². The van der Waals surface area contributed by atoms with E-state index in [4.69, 9.17) is 5.11 Å². The summed E-state index contributed by atoms with van der Waals surface area (Å²) in [5, 5.41) is 11.5. The Kier molecular flexibility index (Phi) is 4.65. The van der Waals surface area contributed by atoms with Crippen LogP contribution in [-0.2, 0) is 0 Å². The van der Waals surface area contributed by atoms with Gasteiger partial charge in [0.05, 0.1) is 17.7 Å². The Hall–Kier alpha value is -2.43. The predicted molar refractivity (Wildman–Crippen MR) is 75.7 cm³/mol. The summed E-state index contributed by atoms with van der Waals surface area (Å²) in [6.07, 6.45) is 3.37. The zero-order chi connectivity index (χ0) is 14.4. The van der Waals surface area contributed by atoms with Gasteiger partial charge in [0.2, 0.25) is 0 Å². The molecule has 102 valence electrons. The van der Waals surface area contributed by atoms with Crippen LogP contribution in [0.2, 0.25) is 0 Å². The number of carbonyl (C=O) groups is 1.